The first-order valence-corrected chi connectivity index (χ1v) is 7.64. The third kappa shape index (κ3) is 2.74. The van der Waals surface area contributed by atoms with Crippen LogP contribution in [0.2, 0.25) is 0 Å². The number of fused-ring (bicyclic) bond motifs is 2. The Morgan fingerprint density at radius 1 is 1.31 bits per heavy atom. The van der Waals surface area contributed by atoms with Crippen molar-refractivity contribution in [2.45, 2.75) is 43.8 Å². The molecule has 2 bridgehead atoms. The summed E-state index contributed by atoms with van der Waals surface area (Å²) in [5, 5.41) is 8.38. The van der Waals surface area contributed by atoms with Crippen LogP contribution in [-0.2, 0) is 10.0 Å². The third-order valence-electron chi connectivity index (χ3n) is 3.93. The number of hydrogen-bond donors (Lipinski definition) is 2. The molecule has 2 saturated heterocycles. The summed E-state index contributed by atoms with van der Waals surface area (Å²) >= 11 is 0. The Morgan fingerprint density at radius 2 is 1.88 bits per heavy atom. The minimum Gasteiger partial charge on any atom is -0.317 e. The number of primary sulfonamides is 1. The largest absolute Gasteiger partial charge is 0.317 e. The second-order valence-corrected chi connectivity index (χ2v) is 6.68. The van der Waals surface area contributed by atoms with Crippen molar-refractivity contribution in [3.8, 4) is 0 Å². The van der Waals surface area contributed by atoms with Gasteiger partial charge < -0.3 is 5.32 Å². The van der Waals surface area contributed by atoms with Crippen LogP contribution < -0.4 is 10.5 Å². The smallest absolute Gasteiger partial charge is 0.210 e. The Balaban J connectivity index is 1.93. The van der Waals surface area contributed by atoms with Gasteiger partial charge in [-0.15, -0.1) is 0 Å². The van der Waals surface area contributed by atoms with E-state index in [4.69, 9.17) is 5.14 Å². The van der Waals surface area contributed by atoms with Crippen LogP contribution in [-0.4, -0.2) is 50.8 Å². The first-order valence-electron chi connectivity index (χ1n) is 5.93. The quantitative estimate of drug-likeness (QED) is 0.701. The van der Waals surface area contributed by atoms with E-state index in [9.17, 15) is 8.42 Å². The standard InChI is InChI=1S/C10H21N3O2S/c1-12-8-6-9-2-3-10(7-8)13(9)4-5-16(11,14)15/h8-10,12H,2-7H2,1H3,(H2,11,14,15). The SMILES string of the molecule is CNC1CC2CCC(C1)N2CCS(N)(=O)=O. The van der Waals surface area contributed by atoms with E-state index in [1.54, 1.807) is 0 Å². The van der Waals surface area contributed by atoms with Crippen LogP contribution in [0.1, 0.15) is 25.7 Å². The molecule has 16 heavy (non-hydrogen) atoms. The van der Waals surface area contributed by atoms with Gasteiger partial charge >= 0.3 is 0 Å². The molecule has 2 fully saturated rings. The highest BCUT2D eigenvalue weighted by atomic mass is 32.2. The lowest BCUT2D eigenvalue weighted by molar-refractivity contribution is 0.127. The van der Waals surface area contributed by atoms with E-state index >= 15 is 0 Å². The minimum atomic E-state index is -3.32. The van der Waals surface area contributed by atoms with Crippen molar-refractivity contribution in [2.24, 2.45) is 5.14 Å². The number of piperidine rings is 1. The maximum atomic E-state index is 11.0. The summed E-state index contributed by atoms with van der Waals surface area (Å²) in [7, 11) is -1.31. The van der Waals surface area contributed by atoms with Crippen LogP contribution in [0.25, 0.3) is 0 Å². The van der Waals surface area contributed by atoms with Gasteiger partial charge in [0.15, 0.2) is 0 Å². The molecule has 5 nitrogen and oxygen atoms in total. The van der Waals surface area contributed by atoms with Gasteiger partial charge in [-0.3, -0.25) is 4.90 Å². The van der Waals surface area contributed by atoms with Crippen molar-refractivity contribution in [3.63, 3.8) is 0 Å². The maximum absolute atomic E-state index is 11.0. The molecule has 2 atom stereocenters. The Morgan fingerprint density at radius 3 is 2.31 bits per heavy atom. The van der Waals surface area contributed by atoms with Gasteiger partial charge in [0.25, 0.3) is 0 Å². The highest BCUT2D eigenvalue weighted by Crippen LogP contribution is 2.35. The Labute approximate surface area is 97.4 Å². The van der Waals surface area contributed by atoms with Gasteiger partial charge in [-0.05, 0) is 32.7 Å². The van der Waals surface area contributed by atoms with Gasteiger partial charge in [-0.25, -0.2) is 13.6 Å². The Kier molecular flexibility index (Phi) is 3.53. The van der Waals surface area contributed by atoms with E-state index < -0.39 is 10.0 Å². The van der Waals surface area contributed by atoms with Crippen molar-refractivity contribution in [3.05, 3.63) is 0 Å². The highest BCUT2D eigenvalue weighted by molar-refractivity contribution is 7.89. The zero-order chi connectivity index (χ0) is 11.8. The molecule has 0 amide bonds. The average Bonchev–Trinajstić information content (AvgIpc) is 2.45. The second kappa shape index (κ2) is 4.60. The summed E-state index contributed by atoms with van der Waals surface area (Å²) in [5.41, 5.74) is 0. The molecule has 0 spiro atoms. The maximum Gasteiger partial charge on any atom is 0.210 e. The molecule has 0 aromatic rings. The lowest BCUT2D eigenvalue weighted by Crippen LogP contribution is -2.49. The summed E-state index contributed by atoms with van der Waals surface area (Å²) in [5.74, 6) is 0.0875. The van der Waals surface area contributed by atoms with Crippen molar-refractivity contribution >= 4 is 10.0 Å². The van der Waals surface area contributed by atoms with Crippen LogP contribution >= 0.6 is 0 Å². The molecular weight excluding hydrogens is 226 g/mol. The van der Waals surface area contributed by atoms with Gasteiger partial charge in [0.05, 0.1) is 5.75 Å². The number of nitrogens with one attached hydrogen (secondary N) is 1. The fraction of sp³-hybridized carbons (Fsp3) is 1.00. The van der Waals surface area contributed by atoms with Crippen LogP contribution in [0, 0.1) is 0 Å². The van der Waals surface area contributed by atoms with E-state index in [2.05, 4.69) is 10.2 Å². The second-order valence-electron chi connectivity index (χ2n) is 4.95. The number of rotatable bonds is 4. The molecule has 2 aliphatic heterocycles. The molecule has 2 aliphatic rings. The Hall–Kier alpha value is -0.170. The minimum absolute atomic E-state index is 0.0875. The molecule has 0 aromatic heterocycles. The lowest BCUT2D eigenvalue weighted by atomic mass is 9.98. The molecule has 6 heteroatoms. The molecule has 3 N–H and O–H groups in total. The fourth-order valence-electron chi connectivity index (χ4n) is 3.11. The normalized spacial score (nSPS) is 35.5. The van der Waals surface area contributed by atoms with Gasteiger partial charge in [0, 0.05) is 24.7 Å². The monoisotopic (exact) mass is 247 g/mol. The van der Waals surface area contributed by atoms with Crippen LogP contribution in [0.15, 0.2) is 0 Å². The summed E-state index contributed by atoms with van der Waals surface area (Å²) in [4.78, 5) is 2.35. The van der Waals surface area contributed by atoms with E-state index in [-0.39, 0.29) is 5.75 Å². The fourth-order valence-corrected chi connectivity index (χ4v) is 3.57. The number of nitrogens with zero attached hydrogens (tertiary/aromatic N) is 1. The summed E-state index contributed by atoms with van der Waals surface area (Å²) < 4.78 is 21.9. The summed E-state index contributed by atoms with van der Waals surface area (Å²) in [6.45, 7) is 0.602. The van der Waals surface area contributed by atoms with E-state index in [1.165, 1.54) is 12.8 Å². The van der Waals surface area contributed by atoms with Crippen LogP contribution in [0.3, 0.4) is 0 Å². The predicted molar refractivity (Wildman–Crippen MR) is 63.6 cm³/mol. The molecule has 2 unspecified atom stereocenters. The van der Waals surface area contributed by atoms with Crippen LogP contribution in [0.4, 0.5) is 0 Å². The highest BCUT2D eigenvalue weighted by Gasteiger charge is 2.40. The van der Waals surface area contributed by atoms with E-state index in [0.29, 0.717) is 24.7 Å². The molecule has 2 rings (SSSR count). The molecule has 0 saturated carbocycles. The van der Waals surface area contributed by atoms with E-state index in [0.717, 1.165) is 12.8 Å². The molecular formula is C10H21N3O2S. The summed E-state index contributed by atoms with van der Waals surface area (Å²) in [6.07, 6.45) is 4.68. The molecule has 0 aromatic carbocycles. The van der Waals surface area contributed by atoms with Crippen LogP contribution in [0.5, 0.6) is 0 Å². The van der Waals surface area contributed by atoms with E-state index in [1.807, 2.05) is 7.05 Å². The van der Waals surface area contributed by atoms with Gasteiger partial charge in [-0.1, -0.05) is 0 Å². The first kappa shape index (κ1) is 12.3. The van der Waals surface area contributed by atoms with Crippen molar-refractivity contribution in [1.29, 1.82) is 0 Å². The molecule has 94 valence electrons. The van der Waals surface area contributed by atoms with Gasteiger partial charge in [-0.2, -0.15) is 0 Å². The topological polar surface area (TPSA) is 75.4 Å². The third-order valence-corrected chi connectivity index (χ3v) is 4.68. The molecule has 2 heterocycles. The summed E-state index contributed by atoms with van der Waals surface area (Å²) in [6, 6.07) is 1.71. The zero-order valence-corrected chi connectivity index (χ0v) is 10.5. The average molecular weight is 247 g/mol. The van der Waals surface area contributed by atoms with Crippen molar-refractivity contribution in [1.82, 2.24) is 10.2 Å². The number of sulfonamides is 1. The molecule has 0 radical (unpaired) electrons. The Bertz CT molecular complexity index is 330. The van der Waals surface area contributed by atoms with Gasteiger partial charge in [0.2, 0.25) is 10.0 Å². The zero-order valence-electron chi connectivity index (χ0n) is 9.72. The van der Waals surface area contributed by atoms with Crippen molar-refractivity contribution < 1.29 is 8.42 Å². The van der Waals surface area contributed by atoms with Crippen molar-refractivity contribution in [2.75, 3.05) is 19.3 Å². The predicted octanol–water partition coefficient (Wildman–Crippen LogP) is -0.510. The first-order chi connectivity index (χ1) is 7.49. The lowest BCUT2D eigenvalue weighted by Gasteiger charge is -2.38. The molecule has 0 aliphatic carbocycles. The number of hydrogen-bond acceptors (Lipinski definition) is 4. The van der Waals surface area contributed by atoms with Gasteiger partial charge in [0.1, 0.15) is 0 Å². The number of nitrogens with two attached hydrogens (primary N) is 1.